The summed E-state index contributed by atoms with van der Waals surface area (Å²) in [6, 6.07) is 16.5. The first-order chi connectivity index (χ1) is 13.4. The highest BCUT2D eigenvalue weighted by Gasteiger charge is 2.16. The normalized spacial score (nSPS) is 11.2. The Hall–Kier alpha value is -2.71. The summed E-state index contributed by atoms with van der Waals surface area (Å²) in [6.45, 7) is 2.43. The molecule has 0 fully saturated rings. The smallest absolute Gasteiger partial charge is 0.263 e. The van der Waals surface area contributed by atoms with Crippen LogP contribution in [0, 0.1) is 6.92 Å². The molecule has 0 bridgehead atoms. The van der Waals surface area contributed by atoms with Crippen LogP contribution in [0.15, 0.2) is 64.9 Å². The van der Waals surface area contributed by atoms with Gasteiger partial charge in [-0.1, -0.05) is 48.0 Å². The molecular weight excluding hydrogens is 394 g/mol. The summed E-state index contributed by atoms with van der Waals surface area (Å²) in [5, 5.41) is 4.78. The Morgan fingerprint density at radius 3 is 2.50 bits per heavy atom. The van der Waals surface area contributed by atoms with Crippen LogP contribution in [0.25, 0.3) is 0 Å². The number of carbonyl (C=O) groups excluding carboxylic acids is 1. The molecule has 0 spiro atoms. The van der Waals surface area contributed by atoms with Crippen molar-refractivity contribution in [2.24, 2.45) is 0 Å². The van der Waals surface area contributed by atoms with Crippen molar-refractivity contribution in [1.82, 2.24) is 10.3 Å². The zero-order valence-electron chi connectivity index (χ0n) is 15.4. The van der Waals surface area contributed by atoms with Crippen molar-refractivity contribution in [3.05, 3.63) is 76.8 Å². The van der Waals surface area contributed by atoms with Gasteiger partial charge in [0.1, 0.15) is 0 Å². The lowest BCUT2D eigenvalue weighted by Crippen LogP contribution is -2.27. The number of hydrogen-bond donors (Lipinski definition) is 2. The molecule has 0 aliphatic heterocycles. The first-order valence-corrected chi connectivity index (χ1v) is 11.1. The van der Waals surface area contributed by atoms with Crippen molar-refractivity contribution >= 4 is 32.4 Å². The van der Waals surface area contributed by atoms with Gasteiger partial charge < -0.3 is 5.32 Å². The lowest BCUT2D eigenvalue weighted by atomic mass is 10.1. The molecule has 3 rings (SSSR count). The van der Waals surface area contributed by atoms with E-state index in [9.17, 15) is 13.2 Å². The van der Waals surface area contributed by atoms with Gasteiger partial charge in [-0.25, -0.2) is 13.4 Å². The summed E-state index contributed by atoms with van der Waals surface area (Å²) < 4.78 is 27.3. The summed E-state index contributed by atoms with van der Waals surface area (Å²) in [5.41, 5.74) is 2.67. The van der Waals surface area contributed by atoms with Gasteiger partial charge in [0.2, 0.25) is 5.91 Å². The van der Waals surface area contributed by atoms with Crippen LogP contribution in [0.1, 0.15) is 16.8 Å². The molecule has 6 nitrogen and oxygen atoms in total. The number of carbonyl (C=O) groups is 1. The molecule has 1 amide bonds. The van der Waals surface area contributed by atoms with E-state index in [-0.39, 0.29) is 22.4 Å². The molecule has 0 saturated carbocycles. The zero-order chi connectivity index (χ0) is 20.0. The van der Waals surface area contributed by atoms with Gasteiger partial charge in [0.25, 0.3) is 10.0 Å². The fourth-order valence-corrected chi connectivity index (χ4v) is 4.51. The van der Waals surface area contributed by atoms with E-state index in [1.165, 1.54) is 0 Å². The summed E-state index contributed by atoms with van der Waals surface area (Å²) in [7, 11) is -3.69. The number of amides is 1. The second-order valence-corrected chi connectivity index (χ2v) is 8.87. The van der Waals surface area contributed by atoms with Gasteiger partial charge in [-0.3, -0.25) is 9.52 Å². The number of aryl methyl sites for hydroxylation is 1. The molecule has 28 heavy (non-hydrogen) atoms. The second kappa shape index (κ2) is 8.99. The van der Waals surface area contributed by atoms with Crippen LogP contribution < -0.4 is 10.0 Å². The summed E-state index contributed by atoms with van der Waals surface area (Å²) >= 11 is 1.16. The molecule has 1 heterocycles. The number of benzene rings is 2. The van der Waals surface area contributed by atoms with Gasteiger partial charge in [0.05, 0.1) is 17.0 Å². The fraction of sp³-hybridized carbons (Fsp3) is 0.200. The molecule has 0 aliphatic carbocycles. The first kappa shape index (κ1) is 20.0. The Morgan fingerprint density at radius 2 is 1.79 bits per heavy atom. The van der Waals surface area contributed by atoms with Gasteiger partial charge in [0, 0.05) is 11.9 Å². The molecule has 1 aromatic heterocycles. The van der Waals surface area contributed by atoms with Crippen molar-refractivity contribution < 1.29 is 13.2 Å². The van der Waals surface area contributed by atoms with Gasteiger partial charge in [-0.2, -0.15) is 0 Å². The highest BCUT2D eigenvalue weighted by Crippen LogP contribution is 2.20. The predicted octanol–water partition coefficient (Wildman–Crippen LogP) is 3.15. The average molecular weight is 416 g/mol. The van der Waals surface area contributed by atoms with Crippen LogP contribution in [0.2, 0.25) is 0 Å². The van der Waals surface area contributed by atoms with E-state index in [0.29, 0.717) is 12.2 Å². The maximum atomic E-state index is 12.4. The quantitative estimate of drug-likeness (QED) is 0.592. The van der Waals surface area contributed by atoms with Crippen molar-refractivity contribution in [2.45, 2.75) is 24.7 Å². The van der Waals surface area contributed by atoms with E-state index in [0.717, 1.165) is 28.9 Å². The number of aromatic nitrogens is 1. The molecule has 8 heteroatoms. The lowest BCUT2D eigenvalue weighted by Gasteiger charge is -2.05. The third kappa shape index (κ3) is 5.64. The van der Waals surface area contributed by atoms with E-state index >= 15 is 0 Å². The number of rotatable bonds is 8. The Balaban J connectivity index is 1.52. The minimum absolute atomic E-state index is 0.109. The fourth-order valence-electron chi connectivity index (χ4n) is 2.54. The van der Waals surface area contributed by atoms with Gasteiger partial charge in [-0.15, -0.1) is 11.3 Å². The maximum absolute atomic E-state index is 12.4. The molecule has 146 valence electrons. The molecule has 0 unspecified atom stereocenters. The highest BCUT2D eigenvalue weighted by atomic mass is 32.2. The van der Waals surface area contributed by atoms with Gasteiger partial charge in [0.15, 0.2) is 5.13 Å². The standard InChI is InChI=1S/C20H21N3O3S2/c1-15-7-9-18(10-8-15)28(25,26)23-20-22-17(14-27-20)13-19(24)21-12-11-16-5-3-2-4-6-16/h2-10,14H,11-13H2,1H3,(H,21,24)(H,22,23). The van der Waals surface area contributed by atoms with E-state index in [1.807, 2.05) is 37.3 Å². The highest BCUT2D eigenvalue weighted by molar-refractivity contribution is 7.93. The second-order valence-electron chi connectivity index (χ2n) is 6.32. The van der Waals surface area contributed by atoms with Crippen LogP contribution in [-0.2, 0) is 27.7 Å². The van der Waals surface area contributed by atoms with Crippen molar-refractivity contribution in [3.8, 4) is 0 Å². The SMILES string of the molecule is Cc1ccc(S(=O)(=O)Nc2nc(CC(=O)NCCc3ccccc3)cs2)cc1. The van der Waals surface area contributed by atoms with Crippen molar-refractivity contribution in [2.75, 3.05) is 11.3 Å². The average Bonchev–Trinajstić information content (AvgIpc) is 3.09. The number of thiazole rings is 1. The Bertz CT molecular complexity index is 1030. The molecule has 0 atom stereocenters. The van der Waals surface area contributed by atoms with E-state index in [1.54, 1.807) is 29.6 Å². The molecule has 0 radical (unpaired) electrons. The van der Waals surface area contributed by atoms with E-state index < -0.39 is 10.0 Å². The molecule has 3 aromatic rings. The van der Waals surface area contributed by atoms with Gasteiger partial charge >= 0.3 is 0 Å². The molecule has 2 N–H and O–H groups in total. The van der Waals surface area contributed by atoms with Crippen molar-refractivity contribution in [1.29, 1.82) is 0 Å². The van der Waals surface area contributed by atoms with Crippen LogP contribution >= 0.6 is 11.3 Å². The number of nitrogens with zero attached hydrogens (tertiary/aromatic N) is 1. The third-order valence-electron chi connectivity index (χ3n) is 4.03. The minimum atomic E-state index is -3.69. The molecule has 0 aliphatic rings. The van der Waals surface area contributed by atoms with Crippen LogP contribution in [0.4, 0.5) is 5.13 Å². The Morgan fingerprint density at radius 1 is 1.07 bits per heavy atom. The predicted molar refractivity (Wildman–Crippen MR) is 111 cm³/mol. The van der Waals surface area contributed by atoms with Crippen LogP contribution in [-0.4, -0.2) is 25.9 Å². The van der Waals surface area contributed by atoms with E-state index in [4.69, 9.17) is 0 Å². The summed E-state index contributed by atoms with van der Waals surface area (Å²) in [6.07, 6.45) is 0.864. The lowest BCUT2D eigenvalue weighted by molar-refractivity contribution is -0.120. The minimum Gasteiger partial charge on any atom is -0.355 e. The van der Waals surface area contributed by atoms with Crippen molar-refractivity contribution in [3.63, 3.8) is 0 Å². The Labute approximate surface area is 168 Å². The number of anilines is 1. The maximum Gasteiger partial charge on any atom is 0.263 e. The van der Waals surface area contributed by atoms with Crippen LogP contribution in [0.3, 0.4) is 0 Å². The third-order valence-corrected chi connectivity index (χ3v) is 6.32. The first-order valence-electron chi connectivity index (χ1n) is 8.77. The molecule has 2 aromatic carbocycles. The van der Waals surface area contributed by atoms with E-state index in [2.05, 4.69) is 15.0 Å². The molecular formula is C20H21N3O3S2. The van der Waals surface area contributed by atoms with Crippen LogP contribution in [0.5, 0.6) is 0 Å². The van der Waals surface area contributed by atoms with Gasteiger partial charge in [-0.05, 0) is 31.0 Å². The molecule has 0 saturated heterocycles. The number of nitrogens with one attached hydrogen (secondary N) is 2. The topological polar surface area (TPSA) is 88.2 Å². The summed E-state index contributed by atoms with van der Waals surface area (Å²) in [4.78, 5) is 16.5. The monoisotopic (exact) mass is 415 g/mol. The number of sulfonamides is 1. The Kier molecular flexibility index (Phi) is 6.43. The zero-order valence-corrected chi connectivity index (χ0v) is 17.0. The number of hydrogen-bond acceptors (Lipinski definition) is 5. The largest absolute Gasteiger partial charge is 0.355 e. The summed E-state index contributed by atoms with van der Waals surface area (Å²) in [5.74, 6) is -0.144.